The molecule has 1 heterocycles. The summed E-state index contributed by atoms with van der Waals surface area (Å²) in [6, 6.07) is 0.619. The standard InChI is InChI=1S/C13H25NO/c1-11-13(8-10-15-11)14-9-4-7-12-5-2-3-6-12/h11-14H,2-10H2,1H3. The van der Waals surface area contributed by atoms with Gasteiger partial charge in [-0.25, -0.2) is 0 Å². The first kappa shape index (κ1) is 11.4. The first-order valence-corrected chi connectivity index (χ1v) is 6.71. The van der Waals surface area contributed by atoms with E-state index in [1.165, 1.54) is 51.5 Å². The Hall–Kier alpha value is -0.0800. The van der Waals surface area contributed by atoms with Crippen molar-refractivity contribution in [2.45, 2.75) is 64.0 Å². The zero-order valence-corrected chi connectivity index (χ0v) is 10.0. The van der Waals surface area contributed by atoms with Crippen molar-refractivity contribution in [1.82, 2.24) is 5.32 Å². The first-order valence-electron chi connectivity index (χ1n) is 6.71. The van der Waals surface area contributed by atoms with E-state index in [1.807, 2.05) is 0 Å². The molecular formula is C13H25NO. The van der Waals surface area contributed by atoms with Crippen molar-refractivity contribution in [3.05, 3.63) is 0 Å². The number of hydrogen-bond donors (Lipinski definition) is 1. The lowest BCUT2D eigenvalue weighted by Gasteiger charge is -2.16. The lowest BCUT2D eigenvalue weighted by atomic mass is 10.0. The van der Waals surface area contributed by atoms with Crippen molar-refractivity contribution in [2.75, 3.05) is 13.2 Å². The second kappa shape index (κ2) is 5.86. The van der Waals surface area contributed by atoms with Crippen LogP contribution in [-0.4, -0.2) is 25.3 Å². The Morgan fingerprint density at radius 1 is 1.20 bits per heavy atom. The largest absolute Gasteiger partial charge is 0.377 e. The molecule has 2 aliphatic rings. The number of rotatable bonds is 5. The van der Waals surface area contributed by atoms with Crippen LogP contribution in [0.5, 0.6) is 0 Å². The topological polar surface area (TPSA) is 21.3 Å². The minimum absolute atomic E-state index is 0.427. The minimum atomic E-state index is 0.427. The maximum atomic E-state index is 5.53. The molecule has 0 spiro atoms. The van der Waals surface area contributed by atoms with E-state index in [0.717, 1.165) is 12.5 Å². The molecule has 0 aromatic heterocycles. The third-order valence-corrected chi connectivity index (χ3v) is 4.05. The maximum Gasteiger partial charge on any atom is 0.0700 e. The van der Waals surface area contributed by atoms with Crippen molar-refractivity contribution in [1.29, 1.82) is 0 Å². The fourth-order valence-corrected chi connectivity index (χ4v) is 2.98. The SMILES string of the molecule is CC1OCCC1NCCCC1CCCC1. The zero-order chi connectivity index (χ0) is 10.5. The van der Waals surface area contributed by atoms with Crippen molar-refractivity contribution in [3.8, 4) is 0 Å². The molecule has 0 bridgehead atoms. The predicted molar refractivity (Wildman–Crippen MR) is 63.0 cm³/mol. The summed E-state index contributed by atoms with van der Waals surface area (Å²) in [6.45, 7) is 4.32. The molecule has 1 aliphatic carbocycles. The van der Waals surface area contributed by atoms with Gasteiger partial charge in [0.2, 0.25) is 0 Å². The van der Waals surface area contributed by atoms with Gasteiger partial charge < -0.3 is 10.1 Å². The van der Waals surface area contributed by atoms with Crippen molar-refractivity contribution >= 4 is 0 Å². The van der Waals surface area contributed by atoms with E-state index in [0.29, 0.717) is 12.1 Å². The van der Waals surface area contributed by atoms with Gasteiger partial charge in [0.05, 0.1) is 6.10 Å². The second-order valence-electron chi connectivity index (χ2n) is 5.22. The first-order chi connectivity index (χ1) is 7.36. The summed E-state index contributed by atoms with van der Waals surface area (Å²) in [5.41, 5.74) is 0. The van der Waals surface area contributed by atoms with Crippen LogP contribution in [-0.2, 0) is 4.74 Å². The normalized spacial score (nSPS) is 32.6. The summed E-state index contributed by atoms with van der Waals surface area (Å²) < 4.78 is 5.53. The summed E-state index contributed by atoms with van der Waals surface area (Å²) in [7, 11) is 0. The molecule has 1 saturated carbocycles. The van der Waals surface area contributed by atoms with E-state index in [1.54, 1.807) is 0 Å². The highest BCUT2D eigenvalue weighted by molar-refractivity contribution is 4.79. The molecule has 0 amide bonds. The molecular weight excluding hydrogens is 186 g/mol. The van der Waals surface area contributed by atoms with Crippen LogP contribution in [0.3, 0.4) is 0 Å². The lowest BCUT2D eigenvalue weighted by Crippen LogP contribution is -2.35. The number of hydrogen-bond acceptors (Lipinski definition) is 2. The summed E-state index contributed by atoms with van der Waals surface area (Å²) in [5.74, 6) is 1.05. The summed E-state index contributed by atoms with van der Waals surface area (Å²) in [4.78, 5) is 0. The lowest BCUT2D eigenvalue weighted by molar-refractivity contribution is 0.113. The second-order valence-corrected chi connectivity index (χ2v) is 5.22. The number of ether oxygens (including phenoxy) is 1. The van der Waals surface area contributed by atoms with Gasteiger partial charge in [-0.05, 0) is 38.6 Å². The molecule has 2 fully saturated rings. The van der Waals surface area contributed by atoms with Crippen LogP contribution in [0.15, 0.2) is 0 Å². The van der Waals surface area contributed by atoms with E-state index in [2.05, 4.69) is 12.2 Å². The van der Waals surface area contributed by atoms with Gasteiger partial charge in [0.1, 0.15) is 0 Å². The molecule has 88 valence electrons. The maximum absolute atomic E-state index is 5.53. The van der Waals surface area contributed by atoms with Crippen LogP contribution in [0.1, 0.15) is 51.9 Å². The van der Waals surface area contributed by atoms with Gasteiger partial charge in [-0.1, -0.05) is 25.7 Å². The van der Waals surface area contributed by atoms with Gasteiger partial charge in [0.25, 0.3) is 0 Å². The Kier molecular flexibility index (Phi) is 4.45. The Morgan fingerprint density at radius 3 is 2.67 bits per heavy atom. The van der Waals surface area contributed by atoms with Crippen LogP contribution in [0, 0.1) is 5.92 Å². The molecule has 2 atom stereocenters. The fourth-order valence-electron chi connectivity index (χ4n) is 2.98. The van der Waals surface area contributed by atoms with Crippen LogP contribution < -0.4 is 5.32 Å². The van der Waals surface area contributed by atoms with Crippen LogP contribution in [0.4, 0.5) is 0 Å². The number of nitrogens with one attached hydrogen (secondary N) is 1. The van der Waals surface area contributed by atoms with E-state index in [9.17, 15) is 0 Å². The third kappa shape index (κ3) is 3.46. The predicted octanol–water partition coefficient (Wildman–Crippen LogP) is 2.72. The highest BCUT2D eigenvalue weighted by atomic mass is 16.5. The average molecular weight is 211 g/mol. The van der Waals surface area contributed by atoms with Gasteiger partial charge in [0.15, 0.2) is 0 Å². The molecule has 2 nitrogen and oxygen atoms in total. The van der Waals surface area contributed by atoms with Crippen LogP contribution >= 0.6 is 0 Å². The summed E-state index contributed by atoms with van der Waals surface area (Å²) in [6.07, 6.45) is 10.4. The van der Waals surface area contributed by atoms with Crippen molar-refractivity contribution in [3.63, 3.8) is 0 Å². The zero-order valence-electron chi connectivity index (χ0n) is 10.0. The van der Waals surface area contributed by atoms with E-state index in [-0.39, 0.29) is 0 Å². The monoisotopic (exact) mass is 211 g/mol. The third-order valence-electron chi connectivity index (χ3n) is 4.05. The van der Waals surface area contributed by atoms with Crippen LogP contribution in [0.25, 0.3) is 0 Å². The molecule has 0 aromatic rings. The van der Waals surface area contributed by atoms with Crippen molar-refractivity contribution in [2.24, 2.45) is 5.92 Å². The highest BCUT2D eigenvalue weighted by Crippen LogP contribution is 2.28. The summed E-state index contributed by atoms with van der Waals surface area (Å²) >= 11 is 0. The minimum Gasteiger partial charge on any atom is -0.377 e. The molecule has 1 aliphatic heterocycles. The Bertz CT molecular complexity index is 177. The molecule has 0 aromatic carbocycles. The fraction of sp³-hybridized carbons (Fsp3) is 1.00. The molecule has 15 heavy (non-hydrogen) atoms. The van der Waals surface area contributed by atoms with E-state index >= 15 is 0 Å². The average Bonchev–Trinajstić information content (AvgIpc) is 2.85. The van der Waals surface area contributed by atoms with E-state index < -0.39 is 0 Å². The molecule has 2 heteroatoms. The van der Waals surface area contributed by atoms with E-state index in [4.69, 9.17) is 4.74 Å². The Morgan fingerprint density at radius 2 is 2.00 bits per heavy atom. The highest BCUT2D eigenvalue weighted by Gasteiger charge is 2.23. The molecule has 2 unspecified atom stereocenters. The van der Waals surface area contributed by atoms with Gasteiger partial charge in [-0.3, -0.25) is 0 Å². The van der Waals surface area contributed by atoms with Crippen LogP contribution in [0.2, 0.25) is 0 Å². The Balaban J connectivity index is 1.51. The van der Waals surface area contributed by atoms with Gasteiger partial charge in [-0.2, -0.15) is 0 Å². The van der Waals surface area contributed by atoms with Gasteiger partial charge in [-0.15, -0.1) is 0 Å². The summed E-state index contributed by atoms with van der Waals surface area (Å²) in [5, 5.41) is 3.63. The van der Waals surface area contributed by atoms with Gasteiger partial charge >= 0.3 is 0 Å². The Labute approximate surface area is 93.8 Å². The molecule has 2 rings (SSSR count). The smallest absolute Gasteiger partial charge is 0.0700 e. The molecule has 0 radical (unpaired) electrons. The molecule has 1 N–H and O–H groups in total. The van der Waals surface area contributed by atoms with Crippen molar-refractivity contribution < 1.29 is 4.74 Å². The molecule has 1 saturated heterocycles. The van der Waals surface area contributed by atoms with Gasteiger partial charge in [0, 0.05) is 12.6 Å². The quantitative estimate of drug-likeness (QED) is 0.706.